The van der Waals surface area contributed by atoms with Crippen LogP contribution in [0.15, 0.2) is 18.2 Å². The molecule has 1 saturated heterocycles. The van der Waals surface area contributed by atoms with Gasteiger partial charge in [0.2, 0.25) is 6.10 Å². The summed E-state index contributed by atoms with van der Waals surface area (Å²) in [7, 11) is 2.07. The Labute approximate surface area is 131 Å². The third kappa shape index (κ3) is 3.04. The minimum atomic E-state index is -0.527. The summed E-state index contributed by atoms with van der Waals surface area (Å²) < 4.78 is 11.7. The molecule has 1 atom stereocenters. The summed E-state index contributed by atoms with van der Waals surface area (Å²) in [5, 5.41) is 0. The molecule has 0 N–H and O–H groups in total. The van der Waals surface area contributed by atoms with E-state index < -0.39 is 6.10 Å². The maximum Gasteiger partial charge on any atom is 0.267 e. The van der Waals surface area contributed by atoms with Gasteiger partial charge >= 0.3 is 0 Å². The minimum absolute atomic E-state index is 0.0340. The van der Waals surface area contributed by atoms with Crippen LogP contribution in [0.3, 0.4) is 0 Å². The molecule has 0 bridgehead atoms. The smallest absolute Gasteiger partial charge is 0.267 e. The SMILES string of the molecule is CC(C)c1ccc2c(c1)OCC(C(=O)N1CCN(C)CC1)O2. The number of rotatable bonds is 2. The summed E-state index contributed by atoms with van der Waals surface area (Å²) in [6, 6.07) is 5.96. The van der Waals surface area contributed by atoms with E-state index in [4.69, 9.17) is 9.47 Å². The summed E-state index contributed by atoms with van der Waals surface area (Å²) >= 11 is 0. The average molecular weight is 304 g/mol. The van der Waals surface area contributed by atoms with Crippen molar-refractivity contribution in [1.29, 1.82) is 0 Å². The monoisotopic (exact) mass is 304 g/mol. The number of ether oxygens (including phenoxy) is 2. The zero-order valence-electron chi connectivity index (χ0n) is 13.5. The molecule has 0 saturated carbocycles. The molecule has 1 unspecified atom stereocenters. The van der Waals surface area contributed by atoms with Crippen LogP contribution >= 0.6 is 0 Å². The van der Waals surface area contributed by atoms with Gasteiger partial charge < -0.3 is 19.3 Å². The summed E-state index contributed by atoms with van der Waals surface area (Å²) in [4.78, 5) is 16.7. The number of carbonyl (C=O) groups is 1. The van der Waals surface area contributed by atoms with E-state index >= 15 is 0 Å². The molecule has 5 nitrogen and oxygen atoms in total. The van der Waals surface area contributed by atoms with E-state index in [1.54, 1.807) is 0 Å². The zero-order valence-corrected chi connectivity index (χ0v) is 13.5. The molecule has 0 radical (unpaired) electrons. The summed E-state index contributed by atoms with van der Waals surface area (Å²) in [5.41, 5.74) is 1.21. The zero-order chi connectivity index (χ0) is 15.7. The Morgan fingerprint density at radius 3 is 2.59 bits per heavy atom. The molecule has 22 heavy (non-hydrogen) atoms. The molecule has 1 aromatic rings. The summed E-state index contributed by atoms with van der Waals surface area (Å²) in [6.07, 6.45) is -0.527. The predicted octanol–water partition coefficient (Wildman–Crippen LogP) is 1.72. The Balaban J connectivity index is 1.67. The lowest BCUT2D eigenvalue weighted by Gasteiger charge is -2.35. The van der Waals surface area contributed by atoms with Crippen LogP contribution in [0.25, 0.3) is 0 Å². The van der Waals surface area contributed by atoms with Gasteiger partial charge in [-0.25, -0.2) is 0 Å². The van der Waals surface area contributed by atoms with Crippen molar-refractivity contribution in [2.75, 3.05) is 39.8 Å². The van der Waals surface area contributed by atoms with Gasteiger partial charge in [0, 0.05) is 26.2 Å². The Hall–Kier alpha value is -1.75. The van der Waals surface area contributed by atoms with Crippen molar-refractivity contribution in [2.24, 2.45) is 0 Å². The molecule has 5 heteroatoms. The van der Waals surface area contributed by atoms with Crippen LogP contribution in [0, 0.1) is 0 Å². The molecule has 1 aromatic carbocycles. The topological polar surface area (TPSA) is 42.0 Å². The third-order valence-electron chi connectivity index (χ3n) is 4.38. The Morgan fingerprint density at radius 2 is 1.91 bits per heavy atom. The fourth-order valence-corrected chi connectivity index (χ4v) is 2.80. The fraction of sp³-hybridized carbons (Fsp3) is 0.588. The third-order valence-corrected chi connectivity index (χ3v) is 4.38. The molecule has 0 aromatic heterocycles. The fourth-order valence-electron chi connectivity index (χ4n) is 2.80. The number of likely N-dealkylation sites (N-methyl/N-ethyl adjacent to an activating group) is 1. The van der Waals surface area contributed by atoms with Crippen molar-refractivity contribution < 1.29 is 14.3 Å². The molecule has 1 amide bonds. The van der Waals surface area contributed by atoms with Crippen LogP contribution in [0.1, 0.15) is 25.3 Å². The van der Waals surface area contributed by atoms with Gasteiger partial charge in [0.05, 0.1) is 0 Å². The molecule has 2 aliphatic heterocycles. The lowest BCUT2D eigenvalue weighted by atomic mass is 10.0. The van der Waals surface area contributed by atoms with Crippen LogP contribution < -0.4 is 9.47 Å². The van der Waals surface area contributed by atoms with Crippen molar-refractivity contribution in [1.82, 2.24) is 9.80 Å². The van der Waals surface area contributed by atoms with Crippen molar-refractivity contribution in [3.05, 3.63) is 23.8 Å². The molecule has 3 rings (SSSR count). The highest BCUT2D eigenvalue weighted by molar-refractivity contribution is 5.82. The first-order valence-electron chi connectivity index (χ1n) is 7.95. The van der Waals surface area contributed by atoms with Crippen LogP contribution in [0.2, 0.25) is 0 Å². The average Bonchev–Trinajstić information content (AvgIpc) is 2.54. The van der Waals surface area contributed by atoms with E-state index in [0.717, 1.165) is 31.9 Å². The van der Waals surface area contributed by atoms with Gasteiger partial charge in [0.15, 0.2) is 11.5 Å². The maximum absolute atomic E-state index is 12.5. The van der Waals surface area contributed by atoms with Crippen molar-refractivity contribution in [3.63, 3.8) is 0 Å². The predicted molar refractivity (Wildman–Crippen MR) is 84.5 cm³/mol. The normalized spacial score (nSPS) is 22.0. The van der Waals surface area contributed by atoms with Crippen molar-refractivity contribution in [2.45, 2.75) is 25.9 Å². The van der Waals surface area contributed by atoms with Crippen molar-refractivity contribution >= 4 is 5.91 Å². The highest BCUT2D eigenvalue weighted by atomic mass is 16.6. The minimum Gasteiger partial charge on any atom is -0.485 e. The second kappa shape index (κ2) is 6.16. The number of nitrogens with zero attached hydrogens (tertiary/aromatic N) is 2. The number of fused-ring (bicyclic) bond motifs is 1. The lowest BCUT2D eigenvalue weighted by Crippen LogP contribution is -2.53. The Bertz CT molecular complexity index is 551. The lowest BCUT2D eigenvalue weighted by molar-refractivity contribution is -0.142. The first-order chi connectivity index (χ1) is 10.5. The molecule has 2 heterocycles. The Morgan fingerprint density at radius 1 is 1.18 bits per heavy atom. The molecule has 2 aliphatic rings. The quantitative estimate of drug-likeness (QED) is 0.834. The molecule has 0 spiro atoms. The summed E-state index contributed by atoms with van der Waals surface area (Å²) in [5.74, 6) is 1.89. The van der Waals surface area contributed by atoms with Crippen LogP contribution in [-0.4, -0.2) is 61.6 Å². The van der Waals surface area contributed by atoms with Gasteiger partial charge in [-0.1, -0.05) is 19.9 Å². The highest BCUT2D eigenvalue weighted by Gasteiger charge is 2.32. The highest BCUT2D eigenvalue weighted by Crippen LogP contribution is 2.34. The number of amides is 1. The van der Waals surface area contributed by atoms with E-state index in [9.17, 15) is 4.79 Å². The first-order valence-corrected chi connectivity index (χ1v) is 7.95. The van der Waals surface area contributed by atoms with Crippen LogP contribution in [0.5, 0.6) is 11.5 Å². The van der Waals surface area contributed by atoms with E-state index in [1.165, 1.54) is 5.56 Å². The molecular weight excluding hydrogens is 280 g/mol. The number of benzene rings is 1. The van der Waals surface area contributed by atoms with Gasteiger partial charge in [-0.3, -0.25) is 4.79 Å². The second-order valence-corrected chi connectivity index (χ2v) is 6.41. The van der Waals surface area contributed by atoms with Crippen molar-refractivity contribution in [3.8, 4) is 11.5 Å². The molecule has 120 valence electrons. The van der Waals surface area contributed by atoms with Gasteiger partial charge in [-0.15, -0.1) is 0 Å². The molecule has 0 aliphatic carbocycles. The van der Waals surface area contributed by atoms with Crippen LogP contribution in [-0.2, 0) is 4.79 Å². The van der Waals surface area contributed by atoms with Gasteiger partial charge in [-0.2, -0.15) is 0 Å². The first kappa shape index (κ1) is 15.2. The van der Waals surface area contributed by atoms with Gasteiger partial charge in [0.25, 0.3) is 5.91 Å². The second-order valence-electron chi connectivity index (χ2n) is 6.41. The van der Waals surface area contributed by atoms with E-state index in [1.807, 2.05) is 23.1 Å². The largest absolute Gasteiger partial charge is 0.485 e. The number of piperazine rings is 1. The van der Waals surface area contributed by atoms with Crippen LogP contribution in [0.4, 0.5) is 0 Å². The maximum atomic E-state index is 12.5. The standard InChI is InChI=1S/C17H24N2O3/c1-12(2)13-4-5-14-15(10-13)21-11-16(22-14)17(20)19-8-6-18(3)7-9-19/h4-5,10,12,16H,6-9,11H2,1-3H3. The summed E-state index contributed by atoms with van der Waals surface area (Å²) in [6.45, 7) is 7.92. The number of hydrogen-bond acceptors (Lipinski definition) is 4. The Kier molecular flexibility index (Phi) is 4.25. The van der Waals surface area contributed by atoms with Gasteiger partial charge in [0.1, 0.15) is 6.61 Å². The molecular formula is C17H24N2O3. The molecule has 1 fully saturated rings. The van der Waals surface area contributed by atoms with Gasteiger partial charge in [-0.05, 0) is 30.7 Å². The van der Waals surface area contributed by atoms with E-state index in [0.29, 0.717) is 18.3 Å². The number of hydrogen-bond donors (Lipinski definition) is 0. The number of carbonyl (C=O) groups excluding carboxylic acids is 1. The van der Waals surface area contributed by atoms with E-state index in [-0.39, 0.29) is 5.91 Å². The van der Waals surface area contributed by atoms with E-state index in [2.05, 4.69) is 25.8 Å².